The zero-order valence-electron chi connectivity index (χ0n) is 12.9. The van der Waals surface area contributed by atoms with Crippen molar-refractivity contribution < 1.29 is 4.43 Å². The fourth-order valence-corrected chi connectivity index (χ4v) is 4.89. The van der Waals surface area contributed by atoms with Gasteiger partial charge >= 0.3 is 0 Å². The predicted molar refractivity (Wildman–Crippen MR) is 84.1 cm³/mol. The fourth-order valence-electron chi connectivity index (χ4n) is 2.25. The minimum absolute atomic E-state index is 0.513. The summed E-state index contributed by atoms with van der Waals surface area (Å²) in [6.45, 7) is 12.0. The van der Waals surface area contributed by atoms with Gasteiger partial charge in [0.1, 0.15) is 0 Å². The van der Waals surface area contributed by atoms with Gasteiger partial charge in [-0.25, -0.2) is 0 Å². The summed E-state index contributed by atoms with van der Waals surface area (Å²) >= 11 is 0. The van der Waals surface area contributed by atoms with E-state index in [1.807, 2.05) is 0 Å². The van der Waals surface area contributed by atoms with Crippen molar-refractivity contribution in [3.8, 4) is 12.3 Å². The van der Waals surface area contributed by atoms with E-state index < -0.39 is 8.32 Å². The summed E-state index contributed by atoms with van der Waals surface area (Å²) < 4.78 is 6.28. The molecule has 1 atom stereocenters. The Morgan fingerprint density at radius 1 is 1.22 bits per heavy atom. The van der Waals surface area contributed by atoms with E-state index in [4.69, 9.17) is 10.8 Å². The SMILES string of the molecule is C#CC[C@H](/C=C(\C)CO[Si](CC)(CC)CC)CC. The molecule has 1 nitrogen and oxygen atoms in total. The first-order valence-corrected chi connectivity index (χ1v) is 9.85. The van der Waals surface area contributed by atoms with Crippen LogP contribution in [0, 0.1) is 18.3 Å². The van der Waals surface area contributed by atoms with Gasteiger partial charge in [-0.05, 0) is 37.4 Å². The van der Waals surface area contributed by atoms with Crippen LogP contribution in [0.4, 0.5) is 0 Å². The second-order valence-electron chi connectivity index (χ2n) is 5.12. The van der Waals surface area contributed by atoms with Gasteiger partial charge in [0.25, 0.3) is 0 Å². The van der Waals surface area contributed by atoms with Gasteiger partial charge in [-0.15, -0.1) is 12.3 Å². The Kier molecular flexibility index (Phi) is 9.14. The van der Waals surface area contributed by atoms with Crippen LogP contribution in [0.5, 0.6) is 0 Å². The molecule has 0 fully saturated rings. The van der Waals surface area contributed by atoms with Crippen molar-refractivity contribution in [3.63, 3.8) is 0 Å². The zero-order valence-corrected chi connectivity index (χ0v) is 13.9. The third-order valence-corrected chi connectivity index (χ3v) is 8.59. The van der Waals surface area contributed by atoms with Crippen LogP contribution in [0.25, 0.3) is 0 Å². The Labute approximate surface area is 115 Å². The summed E-state index contributed by atoms with van der Waals surface area (Å²) in [7, 11) is -1.44. The Bertz CT molecular complexity index is 276. The molecule has 0 aliphatic heterocycles. The van der Waals surface area contributed by atoms with E-state index >= 15 is 0 Å². The van der Waals surface area contributed by atoms with Crippen molar-refractivity contribution in [2.45, 2.75) is 65.6 Å². The Balaban J connectivity index is 4.43. The molecular weight excluding hydrogens is 236 g/mol. The fraction of sp³-hybridized carbons (Fsp3) is 0.750. The van der Waals surface area contributed by atoms with E-state index in [1.54, 1.807) is 0 Å². The molecular formula is C16H30OSi. The average Bonchev–Trinajstić information content (AvgIpc) is 2.40. The van der Waals surface area contributed by atoms with Gasteiger partial charge in [-0.2, -0.15) is 0 Å². The molecule has 0 radical (unpaired) electrons. The molecule has 0 amide bonds. The molecule has 0 saturated carbocycles. The van der Waals surface area contributed by atoms with Crippen molar-refractivity contribution in [3.05, 3.63) is 11.6 Å². The average molecular weight is 267 g/mol. The molecule has 0 saturated heterocycles. The summed E-state index contributed by atoms with van der Waals surface area (Å²) in [5.41, 5.74) is 1.34. The van der Waals surface area contributed by atoms with Crippen molar-refractivity contribution in [1.82, 2.24) is 0 Å². The highest BCUT2D eigenvalue weighted by Crippen LogP contribution is 2.22. The number of hydrogen-bond donors (Lipinski definition) is 0. The Morgan fingerprint density at radius 3 is 2.17 bits per heavy atom. The zero-order chi connectivity index (χ0) is 14.0. The first kappa shape index (κ1) is 17.5. The molecule has 0 aromatic carbocycles. The van der Waals surface area contributed by atoms with E-state index in [0.717, 1.165) is 19.4 Å². The predicted octanol–water partition coefficient (Wildman–Crippen LogP) is 5.00. The summed E-state index contributed by atoms with van der Waals surface area (Å²) in [6, 6.07) is 3.65. The molecule has 0 aromatic heterocycles. The molecule has 0 aliphatic carbocycles. The molecule has 0 aromatic rings. The van der Waals surface area contributed by atoms with E-state index in [-0.39, 0.29) is 0 Å². The summed E-state index contributed by atoms with van der Waals surface area (Å²) in [4.78, 5) is 0. The van der Waals surface area contributed by atoms with Gasteiger partial charge in [0.15, 0.2) is 8.32 Å². The van der Waals surface area contributed by atoms with Gasteiger partial charge < -0.3 is 4.43 Å². The molecule has 0 spiro atoms. The van der Waals surface area contributed by atoms with E-state index in [2.05, 4.69) is 46.6 Å². The van der Waals surface area contributed by atoms with Gasteiger partial charge in [0.2, 0.25) is 0 Å². The van der Waals surface area contributed by atoms with Crippen LogP contribution >= 0.6 is 0 Å². The second kappa shape index (κ2) is 9.41. The monoisotopic (exact) mass is 266 g/mol. The summed E-state index contributed by atoms with van der Waals surface area (Å²) in [6.07, 6.45) is 9.64. The van der Waals surface area contributed by atoms with Gasteiger partial charge in [0, 0.05) is 6.42 Å². The van der Waals surface area contributed by atoms with E-state index in [0.29, 0.717) is 5.92 Å². The first-order chi connectivity index (χ1) is 8.57. The van der Waals surface area contributed by atoms with Crippen molar-refractivity contribution >= 4 is 8.32 Å². The molecule has 0 rings (SSSR count). The van der Waals surface area contributed by atoms with Crippen molar-refractivity contribution in [2.75, 3.05) is 6.61 Å². The highest BCUT2D eigenvalue weighted by atomic mass is 28.4. The maximum absolute atomic E-state index is 6.28. The van der Waals surface area contributed by atoms with Crippen LogP contribution in [0.3, 0.4) is 0 Å². The number of rotatable bonds is 9. The van der Waals surface area contributed by atoms with Crippen LogP contribution in [0.15, 0.2) is 11.6 Å². The molecule has 2 heteroatoms. The molecule has 0 heterocycles. The van der Waals surface area contributed by atoms with Crippen LogP contribution in [0.1, 0.15) is 47.5 Å². The molecule has 0 aliphatic rings. The maximum atomic E-state index is 6.28. The number of terminal acetylenes is 1. The van der Waals surface area contributed by atoms with Gasteiger partial charge in [-0.3, -0.25) is 0 Å². The van der Waals surface area contributed by atoms with Gasteiger partial charge in [-0.1, -0.05) is 39.3 Å². The van der Waals surface area contributed by atoms with E-state index in [9.17, 15) is 0 Å². The quantitative estimate of drug-likeness (QED) is 0.324. The molecule has 0 bridgehead atoms. The smallest absolute Gasteiger partial charge is 0.192 e. The van der Waals surface area contributed by atoms with Gasteiger partial charge in [0.05, 0.1) is 6.61 Å². The number of allylic oxidation sites excluding steroid dienone is 1. The molecule has 0 N–H and O–H groups in total. The van der Waals surface area contributed by atoms with E-state index in [1.165, 1.54) is 23.7 Å². The minimum Gasteiger partial charge on any atom is -0.413 e. The maximum Gasteiger partial charge on any atom is 0.192 e. The standard InChI is InChI=1S/C16H30OSi/c1-7-12-16(8-2)13-15(6)14-17-18(9-3,10-4)11-5/h1,13,16H,8-12,14H2,2-6H3/b15-13+/t16-/m1/s1. The normalized spacial score (nSPS) is 14.3. The Hall–Kier alpha value is -0.523. The third kappa shape index (κ3) is 5.89. The third-order valence-electron chi connectivity index (χ3n) is 3.96. The topological polar surface area (TPSA) is 9.23 Å². The minimum atomic E-state index is -1.44. The molecule has 18 heavy (non-hydrogen) atoms. The molecule has 0 unspecified atom stereocenters. The number of hydrogen-bond acceptors (Lipinski definition) is 1. The van der Waals surface area contributed by atoms with Crippen molar-refractivity contribution in [1.29, 1.82) is 0 Å². The van der Waals surface area contributed by atoms with Crippen molar-refractivity contribution in [2.24, 2.45) is 5.92 Å². The van der Waals surface area contributed by atoms with Crippen LogP contribution in [-0.2, 0) is 4.43 Å². The highest BCUT2D eigenvalue weighted by Gasteiger charge is 2.28. The van der Waals surface area contributed by atoms with Crippen LogP contribution in [-0.4, -0.2) is 14.9 Å². The lowest BCUT2D eigenvalue weighted by atomic mass is 10.0. The lowest BCUT2D eigenvalue weighted by molar-refractivity contribution is 0.331. The largest absolute Gasteiger partial charge is 0.413 e. The second-order valence-corrected chi connectivity index (χ2v) is 9.90. The summed E-state index contributed by atoms with van der Waals surface area (Å²) in [5.74, 6) is 3.27. The first-order valence-electron chi connectivity index (χ1n) is 7.32. The highest BCUT2D eigenvalue weighted by molar-refractivity contribution is 6.73. The Morgan fingerprint density at radius 2 is 1.78 bits per heavy atom. The molecule has 104 valence electrons. The lowest BCUT2D eigenvalue weighted by Gasteiger charge is -2.28. The van der Waals surface area contributed by atoms with Crippen LogP contribution < -0.4 is 0 Å². The summed E-state index contributed by atoms with van der Waals surface area (Å²) in [5, 5.41) is 0. The van der Waals surface area contributed by atoms with Crippen LogP contribution in [0.2, 0.25) is 18.1 Å². The lowest BCUT2D eigenvalue weighted by Crippen LogP contribution is -2.36.